The van der Waals surface area contributed by atoms with Gasteiger partial charge in [0, 0.05) is 64.3 Å². The first-order valence-corrected chi connectivity index (χ1v) is 7.98. The number of fused-ring (bicyclic) bond motifs is 3. The lowest BCUT2D eigenvalue weighted by Gasteiger charge is -2.36. The predicted molar refractivity (Wildman–Crippen MR) is 83.4 cm³/mol. The zero-order chi connectivity index (χ0) is 14.1. The van der Waals surface area contributed by atoms with Crippen molar-refractivity contribution in [1.82, 2.24) is 15.6 Å². The third-order valence-corrected chi connectivity index (χ3v) is 4.63. The van der Waals surface area contributed by atoms with Crippen molar-refractivity contribution in [2.24, 2.45) is 0 Å². The molecule has 1 aromatic heterocycles. The number of nitrogens with zero attached hydrogens (tertiary/aromatic N) is 3. The summed E-state index contributed by atoms with van der Waals surface area (Å²) in [6.07, 6.45) is 3.07. The van der Waals surface area contributed by atoms with Gasteiger partial charge in [0.25, 0.3) is 0 Å². The Labute approximate surface area is 125 Å². The van der Waals surface area contributed by atoms with Gasteiger partial charge in [-0.3, -0.25) is 0 Å². The molecule has 2 saturated heterocycles. The average molecular weight is 289 g/mol. The average Bonchev–Trinajstić information content (AvgIpc) is 2.74. The van der Waals surface area contributed by atoms with Crippen LogP contribution in [0.2, 0.25) is 0 Å². The highest BCUT2D eigenvalue weighted by atomic mass is 16.5. The van der Waals surface area contributed by atoms with Gasteiger partial charge >= 0.3 is 0 Å². The van der Waals surface area contributed by atoms with Gasteiger partial charge in [0.2, 0.25) is 0 Å². The van der Waals surface area contributed by atoms with Crippen LogP contribution in [0.3, 0.4) is 0 Å². The Bertz CT molecular complexity index is 503. The van der Waals surface area contributed by atoms with E-state index in [1.54, 1.807) is 0 Å². The summed E-state index contributed by atoms with van der Waals surface area (Å²) in [7, 11) is 0. The lowest BCUT2D eigenvalue weighted by Crippen LogP contribution is -2.51. The van der Waals surface area contributed by atoms with E-state index in [1.165, 1.54) is 5.69 Å². The lowest BCUT2D eigenvalue weighted by atomic mass is 10.1. The van der Waals surface area contributed by atoms with Crippen molar-refractivity contribution in [2.75, 3.05) is 62.2 Å². The third-order valence-electron chi connectivity index (χ3n) is 4.63. The summed E-state index contributed by atoms with van der Waals surface area (Å²) >= 11 is 0. The molecule has 0 spiro atoms. The molecule has 3 aliphatic rings. The standard InChI is InChI=1S/C15H23N5O/c1-8-21-14-9-13(19-5-2-16-3-6-19)11-18-15(14)20-7-4-17-10-12(1)20/h9,11-12,16-17H,1-8,10H2. The molecule has 6 nitrogen and oxygen atoms in total. The van der Waals surface area contributed by atoms with Gasteiger partial charge in [-0.05, 0) is 0 Å². The quantitative estimate of drug-likeness (QED) is 0.762. The fourth-order valence-electron chi connectivity index (χ4n) is 3.45. The second-order valence-corrected chi connectivity index (χ2v) is 5.94. The van der Waals surface area contributed by atoms with Gasteiger partial charge in [-0.25, -0.2) is 4.98 Å². The van der Waals surface area contributed by atoms with Gasteiger partial charge in [-0.2, -0.15) is 0 Å². The van der Waals surface area contributed by atoms with Crippen LogP contribution in [-0.4, -0.2) is 63.4 Å². The molecule has 114 valence electrons. The summed E-state index contributed by atoms with van der Waals surface area (Å²) in [5, 5.41) is 6.85. The molecule has 2 fully saturated rings. The number of nitrogens with one attached hydrogen (secondary N) is 2. The molecule has 0 bridgehead atoms. The van der Waals surface area contributed by atoms with Gasteiger partial charge in [-0.1, -0.05) is 0 Å². The molecule has 1 aromatic rings. The largest absolute Gasteiger partial charge is 0.490 e. The topological polar surface area (TPSA) is 52.7 Å². The Morgan fingerprint density at radius 2 is 2.00 bits per heavy atom. The van der Waals surface area contributed by atoms with Crippen molar-refractivity contribution in [3.63, 3.8) is 0 Å². The molecule has 4 rings (SSSR count). The van der Waals surface area contributed by atoms with Crippen LogP contribution in [0.25, 0.3) is 0 Å². The smallest absolute Gasteiger partial charge is 0.171 e. The summed E-state index contributed by atoms with van der Waals surface area (Å²) in [5.74, 6) is 1.98. The third kappa shape index (κ3) is 2.53. The van der Waals surface area contributed by atoms with Crippen LogP contribution in [0.4, 0.5) is 11.5 Å². The molecule has 0 aliphatic carbocycles. The fourth-order valence-corrected chi connectivity index (χ4v) is 3.45. The molecule has 21 heavy (non-hydrogen) atoms. The minimum absolute atomic E-state index is 0.512. The first kappa shape index (κ1) is 13.2. The Morgan fingerprint density at radius 3 is 2.90 bits per heavy atom. The van der Waals surface area contributed by atoms with Crippen LogP contribution in [0.1, 0.15) is 6.42 Å². The van der Waals surface area contributed by atoms with Gasteiger partial charge in [0.15, 0.2) is 11.6 Å². The molecule has 3 aliphatic heterocycles. The van der Waals surface area contributed by atoms with Crippen LogP contribution >= 0.6 is 0 Å². The van der Waals surface area contributed by atoms with E-state index in [0.29, 0.717) is 6.04 Å². The van der Waals surface area contributed by atoms with Crippen molar-refractivity contribution < 1.29 is 4.74 Å². The molecule has 4 heterocycles. The molecule has 0 aromatic carbocycles. The lowest BCUT2D eigenvalue weighted by molar-refractivity contribution is 0.303. The molecule has 0 saturated carbocycles. The van der Waals surface area contributed by atoms with E-state index >= 15 is 0 Å². The molecule has 0 radical (unpaired) electrons. The van der Waals surface area contributed by atoms with Crippen LogP contribution in [0.5, 0.6) is 5.75 Å². The van der Waals surface area contributed by atoms with E-state index in [-0.39, 0.29) is 0 Å². The van der Waals surface area contributed by atoms with Crippen molar-refractivity contribution >= 4 is 11.5 Å². The van der Waals surface area contributed by atoms with E-state index in [1.807, 2.05) is 6.20 Å². The van der Waals surface area contributed by atoms with E-state index in [2.05, 4.69) is 26.5 Å². The monoisotopic (exact) mass is 289 g/mol. The number of hydrogen-bond acceptors (Lipinski definition) is 6. The summed E-state index contributed by atoms with van der Waals surface area (Å²) in [6, 6.07) is 2.69. The highest BCUT2D eigenvalue weighted by Crippen LogP contribution is 2.34. The van der Waals surface area contributed by atoms with Crippen LogP contribution in [0.15, 0.2) is 12.3 Å². The molecule has 1 unspecified atom stereocenters. The minimum atomic E-state index is 0.512. The highest BCUT2D eigenvalue weighted by molar-refractivity contribution is 5.61. The molecule has 2 N–H and O–H groups in total. The van der Waals surface area contributed by atoms with Crippen molar-refractivity contribution in [3.8, 4) is 5.75 Å². The zero-order valence-electron chi connectivity index (χ0n) is 12.3. The number of piperazine rings is 2. The molecule has 0 amide bonds. The molecule has 1 atom stereocenters. The number of aromatic nitrogens is 1. The van der Waals surface area contributed by atoms with Crippen LogP contribution in [-0.2, 0) is 0 Å². The van der Waals surface area contributed by atoms with Gasteiger partial charge in [0.05, 0.1) is 18.5 Å². The number of pyridine rings is 1. The number of anilines is 2. The normalized spacial score (nSPS) is 25.6. The Balaban J connectivity index is 1.63. The summed E-state index contributed by atoms with van der Waals surface area (Å²) in [4.78, 5) is 9.55. The van der Waals surface area contributed by atoms with Crippen LogP contribution in [0, 0.1) is 0 Å². The van der Waals surface area contributed by atoms with Gasteiger partial charge in [0.1, 0.15) is 0 Å². The molecule has 6 heteroatoms. The summed E-state index contributed by atoms with van der Waals surface area (Å²) in [6.45, 7) is 8.01. The number of rotatable bonds is 1. The minimum Gasteiger partial charge on any atom is -0.490 e. The summed E-state index contributed by atoms with van der Waals surface area (Å²) < 4.78 is 6.00. The zero-order valence-corrected chi connectivity index (χ0v) is 12.3. The first-order chi connectivity index (χ1) is 10.4. The second kappa shape index (κ2) is 5.69. The SMILES string of the molecule is c1nc2c(cc1N1CCNCC1)OCCC1CNCCN21. The Kier molecular flexibility index (Phi) is 3.57. The molecular weight excluding hydrogens is 266 g/mol. The molecular formula is C15H23N5O. The number of hydrogen-bond donors (Lipinski definition) is 2. The van der Waals surface area contributed by atoms with E-state index in [4.69, 9.17) is 9.72 Å². The summed E-state index contributed by atoms with van der Waals surface area (Å²) in [5.41, 5.74) is 1.18. The van der Waals surface area contributed by atoms with Crippen molar-refractivity contribution in [3.05, 3.63) is 12.3 Å². The highest BCUT2D eigenvalue weighted by Gasteiger charge is 2.29. The Morgan fingerprint density at radius 1 is 1.14 bits per heavy atom. The first-order valence-electron chi connectivity index (χ1n) is 7.98. The van der Waals surface area contributed by atoms with E-state index < -0.39 is 0 Å². The van der Waals surface area contributed by atoms with Crippen LogP contribution < -0.4 is 25.2 Å². The number of ether oxygens (including phenoxy) is 1. The van der Waals surface area contributed by atoms with Crippen molar-refractivity contribution in [2.45, 2.75) is 12.5 Å². The van der Waals surface area contributed by atoms with E-state index in [9.17, 15) is 0 Å². The van der Waals surface area contributed by atoms with Crippen molar-refractivity contribution in [1.29, 1.82) is 0 Å². The second-order valence-electron chi connectivity index (χ2n) is 5.94. The van der Waals surface area contributed by atoms with Gasteiger partial charge < -0.3 is 25.2 Å². The predicted octanol–water partition coefficient (Wildman–Crippen LogP) is 0.0519. The van der Waals surface area contributed by atoms with Gasteiger partial charge in [-0.15, -0.1) is 0 Å². The maximum absolute atomic E-state index is 6.00. The van der Waals surface area contributed by atoms with E-state index in [0.717, 1.165) is 70.4 Å². The maximum atomic E-state index is 6.00. The Hall–Kier alpha value is -1.53. The maximum Gasteiger partial charge on any atom is 0.171 e. The fraction of sp³-hybridized carbons (Fsp3) is 0.667.